The molecule has 0 heterocycles. The highest BCUT2D eigenvalue weighted by Crippen LogP contribution is 2.26. The van der Waals surface area contributed by atoms with Gasteiger partial charge in [0.15, 0.2) is 0 Å². The van der Waals surface area contributed by atoms with Crippen LogP contribution in [0.5, 0.6) is 0 Å². The van der Waals surface area contributed by atoms with Gasteiger partial charge in [-0.1, -0.05) is 25.4 Å². The van der Waals surface area contributed by atoms with Gasteiger partial charge in [-0.25, -0.2) is 0 Å². The van der Waals surface area contributed by atoms with Gasteiger partial charge in [0.2, 0.25) is 0 Å². The summed E-state index contributed by atoms with van der Waals surface area (Å²) in [5.41, 5.74) is 6.97. The van der Waals surface area contributed by atoms with Gasteiger partial charge in [-0.3, -0.25) is 0 Å². The molecule has 1 aromatic carbocycles. The minimum atomic E-state index is -0.215. The molecule has 1 unspecified atom stereocenters. The van der Waals surface area contributed by atoms with Crippen LogP contribution in [-0.4, -0.2) is 12.1 Å². The van der Waals surface area contributed by atoms with Gasteiger partial charge in [0, 0.05) is 17.1 Å². The van der Waals surface area contributed by atoms with Gasteiger partial charge in [0.25, 0.3) is 0 Å². The number of nitrogens with one attached hydrogen (secondary N) is 1. The van der Waals surface area contributed by atoms with Crippen LogP contribution in [0.4, 0.5) is 5.69 Å². The summed E-state index contributed by atoms with van der Waals surface area (Å²) < 4.78 is 0. The third-order valence-electron chi connectivity index (χ3n) is 2.85. The second kappa shape index (κ2) is 6.08. The Labute approximate surface area is 114 Å². The first-order valence-electron chi connectivity index (χ1n) is 6.08. The second-order valence-electron chi connectivity index (χ2n) is 5.29. The van der Waals surface area contributed by atoms with Crippen molar-refractivity contribution < 1.29 is 0 Å². The predicted octanol–water partition coefficient (Wildman–Crippen LogP) is 3.39. The molecule has 0 aliphatic heterocycles. The fraction of sp³-hybridized carbons (Fsp3) is 0.500. The summed E-state index contributed by atoms with van der Waals surface area (Å²) in [7, 11) is 0. The lowest BCUT2D eigenvalue weighted by molar-refractivity contribution is 0.407. The number of nitriles is 1. The molecule has 0 aliphatic rings. The quantitative estimate of drug-likeness (QED) is 0.858. The molecule has 1 aromatic rings. The predicted molar refractivity (Wildman–Crippen MR) is 76.7 cm³/mol. The molecule has 0 saturated carbocycles. The Hall–Kier alpha value is -1.24. The monoisotopic (exact) mass is 265 g/mol. The van der Waals surface area contributed by atoms with Gasteiger partial charge >= 0.3 is 0 Å². The minimum Gasteiger partial charge on any atom is -0.378 e. The van der Waals surface area contributed by atoms with Crippen LogP contribution in [0.2, 0.25) is 5.02 Å². The number of nitrogens with zero attached hydrogens (tertiary/aromatic N) is 1. The molecule has 0 bridgehead atoms. The van der Waals surface area contributed by atoms with E-state index in [1.807, 2.05) is 6.07 Å². The molecule has 18 heavy (non-hydrogen) atoms. The lowest BCUT2D eigenvalue weighted by atomic mass is 9.90. The molecule has 0 aromatic heterocycles. The van der Waals surface area contributed by atoms with Gasteiger partial charge in [-0.2, -0.15) is 5.26 Å². The van der Waals surface area contributed by atoms with Crippen molar-refractivity contribution in [1.82, 2.24) is 0 Å². The normalized spacial score (nSPS) is 14.1. The Balaban J connectivity index is 2.98. The van der Waals surface area contributed by atoms with Crippen LogP contribution in [0.25, 0.3) is 0 Å². The van der Waals surface area contributed by atoms with E-state index >= 15 is 0 Å². The van der Waals surface area contributed by atoms with Gasteiger partial charge < -0.3 is 11.1 Å². The van der Waals surface area contributed by atoms with Crippen LogP contribution in [-0.2, 0) is 0 Å². The van der Waals surface area contributed by atoms with E-state index in [4.69, 9.17) is 22.6 Å². The first-order valence-corrected chi connectivity index (χ1v) is 6.46. The summed E-state index contributed by atoms with van der Waals surface area (Å²) in [6.07, 6.45) is 0.941. The van der Waals surface area contributed by atoms with Crippen LogP contribution in [0.3, 0.4) is 0 Å². The maximum atomic E-state index is 9.11. The number of rotatable bonds is 5. The van der Waals surface area contributed by atoms with E-state index in [1.165, 1.54) is 0 Å². The highest BCUT2D eigenvalue weighted by atomic mass is 35.5. The van der Waals surface area contributed by atoms with E-state index in [2.05, 4.69) is 32.2 Å². The fourth-order valence-electron chi connectivity index (χ4n) is 2.13. The van der Waals surface area contributed by atoms with E-state index < -0.39 is 0 Å². The lowest BCUT2D eigenvalue weighted by Gasteiger charge is -2.32. The van der Waals surface area contributed by atoms with Crippen molar-refractivity contribution in [2.24, 2.45) is 11.7 Å². The van der Waals surface area contributed by atoms with Crippen LogP contribution in [0, 0.1) is 17.2 Å². The van der Waals surface area contributed by atoms with Crippen molar-refractivity contribution in [1.29, 1.82) is 5.26 Å². The molecular formula is C14H20ClN3. The minimum absolute atomic E-state index is 0.215. The molecule has 0 spiro atoms. The highest BCUT2D eigenvalue weighted by molar-refractivity contribution is 6.30. The zero-order valence-electron chi connectivity index (χ0n) is 11.1. The molecule has 3 N–H and O–H groups in total. The summed E-state index contributed by atoms with van der Waals surface area (Å²) in [5, 5.41) is 13.1. The Bertz CT molecular complexity index is 451. The van der Waals surface area contributed by atoms with Crippen LogP contribution in [0.1, 0.15) is 32.8 Å². The van der Waals surface area contributed by atoms with Gasteiger partial charge in [0.05, 0.1) is 11.3 Å². The molecule has 0 radical (unpaired) electrons. The Morgan fingerprint density at radius 3 is 2.67 bits per heavy atom. The highest BCUT2D eigenvalue weighted by Gasteiger charge is 2.24. The fourth-order valence-corrected chi connectivity index (χ4v) is 2.30. The lowest BCUT2D eigenvalue weighted by Crippen LogP contribution is -2.43. The molecule has 0 fully saturated rings. The van der Waals surface area contributed by atoms with Gasteiger partial charge in [-0.15, -0.1) is 0 Å². The summed E-state index contributed by atoms with van der Waals surface area (Å²) in [5.74, 6) is 0.531. The largest absolute Gasteiger partial charge is 0.378 e. The van der Waals surface area contributed by atoms with Crippen molar-refractivity contribution >= 4 is 17.3 Å². The Kier molecular flexibility index (Phi) is 5.01. The number of halogens is 1. The first-order chi connectivity index (χ1) is 8.40. The van der Waals surface area contributed by atoms with E-state index in [1.54, 1.807) is 12.1 Å². The van der Waals surface area contributed by atoms with Crippen molar-refractivity contribution in [3.05, 3.63) is 28.8 Å². The Morgan fingerprint density at radius 2 is 2.17 bits per heavy atom. The maximum Gasteiger partial charge on any atom is 0.101 e. The molecule has 1 rings (SSSR count). The number of hydrogen-bond acceptors (Lipinski definition) is 3. The average molecular weight is 266 g/mol. The number of nitrogens with two attached hydrogens (primary N) is 1. The summed E-state index contributed by atoms with van der Waals surface area (Å²) in [6, 6.07) is 7.41. The van der Waals surface area contributed by atoms with Gasteiger partial charge in [-0.05, 0) is 37.5 Å². The molecule has 1 atom stereocenters. The summed E-state index contributed by atoms with van der Waals surface area (Å²) in [4.78, 5) is 0. The standard InChI is InChI=1S/C14H20ClN3/c1-10(2)7-14(3,9-17)18-13-5-4-12(15)6-11(13)8-16/h4-6,10,18H,7,9,17H2,1-3H3. The smallest absolute Gasteiger partial charge is 0.101 e. The zero-order valence-corrected chi connectivity index (χ0v) is 11.9. The van der Waals surface area contributed by atoms with Crippen LogP contribution < -0.4 is 11.1 Å². The van der Waals surface area contributed by atoms with E-state index in [0.717, 1.165) is 12.1 Å². The van der Waals surface area contributed by atoms with E-state index in [-0.39, 0.29) is 5.54 Å². The first kappa shape index (κ1) is 14.8. The zero-order chi connectivity index (χ0) is 13.8. The molecule has 0 saturated heterocycles. The van der Waals surface area contributed by atoms with Crippen molar-refractivity contribution in [2.75, 3.05) is 11.9 Å². The van der Waals surface area contributed by atoms with Crippen LogP contribution in [0.15, 0.2) is 18.2 Å². The molecule has 3 nitrogen and oxygen atoms in total. The third-order valence-corrected chi connectivity index (χ3v) is 3.08. The second-order valence-corrected chi connectivity index (χ2v) is 5.73. The van der Waals surface area contributed by atoms with Crippen molar-refractivity contribution in [3.63, 3.8) is 0 Å². The third kappa shape index (κ3) is 3.90. The topological polar surface area (TPSA) is 61.8 Å². The van der Waals surface area contributed by atoms with Gasteiger partial charge in [0.1, 0.15) is 6.07 Å². The summed E-state index contributed by atoms with van der Waals surface area (Å²) in [6.45, 7) is 6.90. The molecule has 0 aliphatic carbocycles. The van der Waals surface area contributed by atoms with E-state index in [9.17, 15) is 0 Å². The average Bonchev–Trinajstić information content (AvgIpc) is 2.30. The number of anilines is 1. The molecular weight excluding hydrogens is 246 g/mol. The Morgan fingerprint density at radius 1 is 1.50 bits per heavy atom. The maximum absolute atomic E-state index is 9.11. The summed E-state index contributed by atoms with van der Waals surface area (Å²) >= 11 is 5.88. The number of hydrogen-bond donors (Lipinski definition) is 2. The van der Waals surface area contributed by atoms with Crippen molar-refractivity contribution in [3.8, 4) is 6.07 Å². The molecule has 4 heteroatoms. The molecule has 0 amide bonds. The van der Waals surface area contributed by atoms with Crippen molar-refractivity contribution in [2.45, 2.75) is 32.7 Å². The van der Waals surface area contributed by atoms with E-state index in [0.29, 0.717) is 23.0 Å². The SMILES string of the molecule is CC(C)CC(C)(CN)Nc1ccc(Cl)cc1C#N. The van der Waals surface area contributed by atoms with Crippen LogP contribution >= 0.6 is 11.6 Å². The number of benzene rings is 1. The molecule has 98 valence electrons.